The molecule has 2 aromatic rings. The van der Waals surface area contributed by atoms with Crippen LogP contribution in [0, 0.1) is 6.92 Å². The zero-order valence-corrected chi connectivity index (χ0v) is 13.3. The molecule has 0 unspecified atom stereocenters. The highest BCUT2D eigenvalue weighted by molar-refractivity contribution is 8.00. The Morgan fingerprint density at radius 2 is 2.22 bits per heavy atom. The summed E-state index contributed by atoms with van der Waals surface area (Å²) < 4.78 is 5.31. The second-order valence-electron chi connectivity index (χ2n) is 4.98. The normalized spacial score (nSPS) is 14.1. The molecule has 0 bridgehead atoms. The van der Waals surface area contributed by atoms with E-state index in [0.717, 1.165) is 16.3 Å². The molecule has 23 heavy (non-hydrogen) atoms. The third-order valence-electron chi connectivity index (χ3n) is 3.25. The van der Waals surface area contributed by atoms with E-state index in [4.69, 9.17) is 4.42 Å². The number of carbonyl (C=O) groups excluding carboxylic acids is 2. The van der Waals surface area contributed by atoms with Gasteiger partial charge in [-0.15, -0.1) is 11.8 Å². The Labute approximate surface area is 137 Å². The summed E-state index contributed by atoms with van der Waals surface area (Å²) >= 11 is 1.48. The molecule has 0 radical (unpaired) electrons. The molecule has 1 aromatic carbocycles. The van der Waals surface area contributed by atoms with Crippen molar-refractivity contribution in [1.82, 2.24) is 5.43 Å². The van der Waals surface area contributed by atoms with Gasteiger partial charge in [-0.05, 0) is 31.2 Å². The number of hydrazone groups is 1. The number of nitrogens with zero attached hydrogens (tertiary/aromatic N) is 2. The molecule has 3 rings (SSSR count). The van der Waals surface area contributed by atoms with Crippen molar-refractivity contribution in [3.8, 4) is 0 Å². The molecule has 2 heterocycles. The number of aryl methyl sites for hydroxylation is 1. The first-order valence-electron chi connectivity index (χ1n) is 7.04. The van der Waals surface area contributed by atoms with Gasteiger partial charge in [0.1, 0.15) is 18.1 Å². The minimum absolute atomic E-state index is 0.0646. The lowest BCUT2D eigenvalue weighted by molar-refractivity contribution is -0.122. The molecule has 1 aliphatic heterocycles. The van der Waals surface area contributed by atoms with Gasteiger partial charge in [-0.2, -0.15) is 5.10 Å². The van der Waals surface area contributed by atoms with Crippen LogP contribution in [-0.2, 0) is 9.59 Å². The van der Waals surface area contributed by atoms with Crippen LogP contribution in [-0.4, -0.2) is 30.3 Å². The zero-order valence-electron chi connectivity index (χ0n) is 12.5. The van der Waals surface area contributed by atoms with E-state index in [-0.39, 0.29) is 18.4 Å². The Morgan fingerprint density at radius 1 is 1.39 bits per heavy atom. The average molecular weight is 329 g/mol. The van der Waals surface area contributed by atoms with Gasteiger partial charge in [-0.3, -0.25) is 9.59 Å². The smallest absolute Gasteiger partial charge is 0.260 e. The van der Waals surface area contributed by atoms with Gasteiger partial charge < -0.3 is 9.32 Å². The van der Waals surface area contributed by atoms with Crippen LogP contribution in [0.4, 0.5) is 5.69 Å². The molecule has 7 heteroatoms. The SMILES string of the molecule is Cc1ccc(/C=N\NC(=O)CN2C(=O)CSc3ccccc32)o1. The lowest BCUT2D eigenvalue weighted by Crippen LogP contribution is -2.42. The Hall–Kier alpha value is -2.54. The van der Waals surface area contributed by atoms with Gasteiger partial charge >= 0.3 is 0 Å². The predicted molar refractivity (Wildman–Crippen MR) is 88.7 cm³/mol. The van der Waals surface area contributed by atoms with E-state index in [1.165, 1.54) is 22.9 Å². The van der Waals surface area contributed by atoms with Crippen LogP contribution in [0.2, 0.25) is 0 Å². The maximum Gasteiger partial charge on any atom is 0.260 e. The number of amides is 2. The van der Waals surface area contributed by atoms with Gasteiger partial charge in [0, 0.05) is 4.90 Å². The Kier molecular flexibility index (Phi) is 4.47. The summed E-state index contributed by atoms with van der Waals surface area (Å²) in [4.78, 5) is 26.5. The highest BCUT2D eigenvalue weighted by Crippen LogP contribution is 2.34. The molecule has 0 aliphatic carbocycles. The van der Waals surface area contributed by atoms with Crippen molar-refractivity contribution in [2.24, 2.45) is 5.10 Å². The molecule has 1 aliphatic rings. The second kappa shape index (κ2) is 6.70. The summed E-state index contributed by atoms with van der Waals surface area (Å²) in [5.74, 6) is 1.21. The number of thioether (sulfide) groups is 1. The number of rotatable bonds is 4. The van der Waals surface area contributed by atoms with E-state index >= 15 is 0 Å². The number of anilines is 1. The largest absolute Gasteiger partial charge is 0.460 e. The summed E-state index contributed by atoms with van der Waals surface area (Å²) in [6.07, 6.45) is 1.42. The molecule has 0 atom stereocenters. The van der Waals surface area contributed by atoms with Crippen molar-refractivity contribution in [3.05, 3.63) is 47.9 Å². The Balaban J connectivity index is 1.63. The van der Waals surface area contributed by atoms with E-state index in [0.29, 0.717) is 11.5 Å². The number of nitrogens with one attached hydrogen (secondary N) is 1. The summed E-state index contributed by atoms with van der Waals surface area (Å²) in [5.41, 5.74) is 3.17. The first-order valence-corrected chi connectivity index (χ1v) is 8.02. The van der Waals surface area contributed by atoms with Gasteiger partial charge in [0.15, 0.2) is 0 Å². The number of furan rings is 1. The van der Waals surface area contributed by atoms with E-state index in [1.807, 2.05) is 37.3 Å². The molecule has 1 N–H and O–H groups in total. The fourth-order valence-corrected chi connectivity index (χ4v) is 3.13. The first-order chi connectivity index (χ1) is 11.1. The van der Waals surface area contributed by atoms with Crippen LogP contribution in [0.5, 0.6) is 0 Å². The number of carbonyl (C=O) groups is 2. The van der Waals surface area contributed by atoms with Crippen molar-refractivity contribution in [1.29, 1.82) is 0 Å². The van der Waals surface area contributed by atoms with Gasteiger partial charge in [0.2, 0.25) is 5.91 Å². The van der Waals surface area contributed by atoms with Gasteiger partial charge in [0.25, 0.3) is 5.91 Å². The van der Waals surface area contributed by atoms with Crippen molar-refractivity contribution < 1.29 is 14.0 Å². The van der Waals surface area contributed by atoms with E-state index < -0.39 is 0 Å². The minimum Gasteiger partial charge on any atom is -0.460 e. The highest BCUT2D eigenvalue weighted by atomic mass is 32.2. The summed E-state index contributed by atoms with van der Waals surface area (Å²) in [5, 5.41) is 3.84. The molecule has 0 fully saturated rings. The van der Waals surface area contributed by atoms with E-state index in [9.17, 15) is 9.59 Å². The second-order valence-corrected chi connectivity index (χ2v) is 6.00. The van der Waals surface area contributed by atoms with Crippen molar-refractivity contribution in [2.75, 3.05) is 17.2 Å². The Bertz CT molecular complexity index is 769. The highest BCUT2D eigenvalue weighted by Gasteiger charge is 2.25. The van der Waals surface area contributed by atoms with E-state index in [2.05, 4.69) is 10.5 Å². The lowest BCUT2D eigenvalue weighted by atomic mass is 10.2. The van der Waals surface area contributed by atoms with Crippen LogP contribution in [0.3, 0.4) is 0 Å². The molecule has 0 spiro atoms. The van der Waals surface area contributed by atoms with Crippen LogP contribution in [0.15, 0.2) is 50.8 Å². The van der Waals surface area contributed by atoms with Crippen molar-refractivity contribution in [3.63, 3.8) is 0 Å². The maximum absolute atomic E-state index is 12.1. The van der Waals surface area contributed by atoms with Crippen molar-refractivity contribution in [2.45, 2.75) is 11.8 Å². The summed E-state index contributed by atoms with van der Waals surface area (Å²) in [7, 11) is 0. The molecule has 0 saturated heterocycles. The molecule has 6 nitrogen and oxygen atoms in total. The third-order valence-corrected chi connectivity index (χ3v) is 4.30. The standard InChI is InChI=1S/C16H15N3O3S/c1-11-6-7-12(22-11)8-17-18-15(20)9-19-13-4-2-3-5-14(13)23-10-16(19)21/h2-8H,9-10H2,1H3,(H,18,20)/b17-8-. The van der Waals surface area contributed by atoms with E-state index in [1.54, 1.807) is 6.07 Å². The minimum atomic E-state index is -0.361. The molecule has 0 saturated carbocycles. The summed E-state index contributed by atoms with van der Waals surface area (Å²) in [6.45, 7) is 1.76. The molecular weight excluding hydrogens is 314 g/mol. The topological polar surface area (TPSA) is 74.9 Å². The van der Waals surface area contributed by atoms with Crippen LogP contribution >= 0.6 is 11.8 Å². The lowest BCUT2D eigenvalue weighted by Gasteiger charge is -2.27. The van der Waals surface area contributed by atoms with Crippen LogP contribution in [0.25, 0.3) is 0 Å². The van der Waals surface area contributed by atoms with Gasteiger partial charge in [-0.1, -0.05) is 12.1 Å². The van der Waals surface area contributed by atoms with Gasteiger partial charge in [0.05, 0.1) is 17.7 Å². The summed E-state index contributed by atoms with van der Waals surface area (Å²) in [6, 6.07) is 11.1. The first kappa shape index (κ1) is 15.4. The number of hydrogen-bond acceptors (Lipinski definition) is 5. The van der Waals surface area contributed by atoms with Gasteiger partial charge in [-0.25, -0.2) is 5.43 Å². The molecule has 2 amide bonds. The number of para-hydroxylation sites is 1. The molecule has 118 valence electrons. The Morgan fingerprint density at radius 3 is 3.00 bits per heavy atom. The fraction of sp³-hybridized carbons (Fsp3) is 0.188. The maximum atomic E-state index is 12.1. The quantitative estimate of drug-likeness (QED) is 0.689. The van der Waals surface area contributed by atoms with Crippen LogP contribution in [0.1, 0.15) is 11.5 Å². The number of fused-ring (bicyclic) bond motifs is 1. The predicted octanol–water partition coefficient (Wildman–Crippen LogP) is 2.18. The van der Waals surface area contributed by atoms with Crippen LogP contribution < -0.4 is 10.3 Å². The number of benzene rings is 1. The molecule has 1 aromatic heterocycles. The monoisotopic (exact) mass is 329 g/mol. The number of hydrogen-bond donors (Lipinski definition) is 1. The third kappa shape index (κ3) is 3.62. The fourth-order valence-electron chi connectivity index (χ4n) is 2.20. The zero-order chi connectivity index (χ0) is 16.2. The van der Waals surface area contributed by atoms with Crippen molar-refractivity contribution >= 4 is 35.5 Å². The average Bonchev–Trinajstić information content (AvgIpc) is 2.96. The molecular formula is C16H15N3O3S.